The summed E-state index contributed by atoms with van der Waals surface area (Å²) in [6, 6.07) is 38.4. The Bertz CT molecular complexity index is 1320. The van der Waals surface area contributed by atoms with Gasteiger partial charge in [0.2, 0.25) is 10.0 Å². The normalized spacial score (nSPS) is 18.2. The summed E-state index contributed by atoms with van der Waals surface area (Å²) >= 11 is 0. The molecule has 1 fully saturated rings. The van der Waals surface area contributed by atoms with Crippen molar-refractivity contribution in [2.45, 2.75) is 43.4 Å². The summed E-state index contributed by atoms with van der Waals surface area (Å²) in [5.74, 6) is 0. The molecule has 0 spiro atoms. The van der Waals surface area contributed by atoms with Gasteiger partial charge in [-0.15, -0.1) is 0 Å². The van der Waals surface area contributed by atoms with Gasteiger partial charge < -0.3 is 0 Å². The number of aryl methyl sites for hydroxylation is 1. The molecule has 4 nitrogen and oxygen atoms in total. The van der Waals surface area contributed by atoms with Gasteiger partial charge in [0.15, 0.2) is 0 Å². The minimum absolute atomic E-state index is 0.0352. The Balaban J connectivity index is 1.48. The minimum Gasteiger partial charge on any atom is -0.290 e. The molecule has 5 heteroatoms. The standard InChI is InChI=1S/C31H32N2O2S/c1-25-17-19-29(20-18-25)36(34,35)33-24-31(33)30(21-26-11-5-2-6-12-26)32(22-27-13-7-3-8-14-27)23-28-15-9-4-10-16-28/h2-20,30-31H,21-24H2,1H3/t30-,31+,33?/m0/s1. The highest BCUT2D eigenvalue weighted by atomic mass is 32.2. The molecule has 0 bridgehead atoms. The fraction of sp³-hybridized carbons (Fsp3) is 0.226. The van der Waals surface area contributed by atoms with Crippen LogP contribution in [0.4, 0.5) is 0 Å². The number of nitrogens with zero attached hydrogens (tertiary/aromatic N) is 2. The number of benzene rings is 4. The first-order valence-electron chi connectivity index (χ1n) is 12.4. The monoisotopic (exact) mass is 496 g/mol. The maximum atomic E-state index is 13.5. The van der Waals surface area contributed by atoms with Gasteiger partial charge >= 0.3 is 0 Å². The Morgan fingerprint density at radius 2 is 1.19 bits per heavy atom. The molecule has 4 aromatic rings. The average Bonchev–Trinajstić information content (AvgIpc) is 3.71. The molecule has 1 heterocycles. The molecule has 4 aromatic carbocycles. The van der Waals surface area contributed by atoms with E-state index in [0.29, 0.717) is 11.4 Å². The summed E-state index contributed by atoms with van der Waals surface area (Å²) in [7, 11) is -3.54. The number of hydrogen-bond donors (Lipinski definition) is 0. The molecule has 5 rings (SSSR count). The lowest BCUT2D eigenvalue weighted by Gasteiger charge is -2.32. The SMILES string of the molecule is Cc1ccc(S(=O)(=O)N2C[C@@H]2[C@H](Cc2ccccc2)N(Cc2ccccc2)Cc2ccccc2)cc1. The van der Waals surface area contributed by atoms with Crippen LogP contribution in [0.5, 0.6) is 0 Å². The van der Waals surface area contributed by atoms with E-state index in [1.54, 1.807) is 16.4 Å². The predicted octanol–water partition coefficient (Wildman–Crippen LogP) is 5.68. The van der Waals surface area contributed by atoms with Crippen LogP contribution in [-0.4, -0.2) is 36.3 Å². The molecule has 0 aromatic heterocycles. The Morgan fingerprint density at radius 3 is 1.69 bits per heavy atom. The molecule has 0 aliphatic carbocycles. The molecule has 1 aliphatic rings. The number of hydrogen-bond acceptors (Lipinski definition) is 3. The first-order valence-corrected chi connectivity index (χ1v) is 13.9. The quantitative estimate of drug-likeness (QED) is 0.265. The van der Waals surface area contributed by atoms with E-state index in [4.69, 9.17) is 0 Å². The van der Waals surface area contributed by atoms with Crippen LogP contribution in [0.15, 0.2) is 120 Å². The molecule has 0 N–H and O–H groups in total. The molecule has 0 saturated carbocycles. The third-order valence-corrected chi connectivity index (χ3v) is 8.79. The Kier molecular flexibility index (Phi) is 7.33. The van der Waals surface area contributed by atoms with Crippen molar-refractivity contribution in [3.8, 4) is 0 Å². The van der Waals surface area contributed by atoms with Crippen molar-refractivity contribution in [3.05, 3.63) is 138 Å². The van der Waals surface area contributed by atoms with Gasteiger partial charge in [0, 0.05) is 25.7 Å². The maximum Gasteiger partial charge on any atom is 0.243 e. The van der Waals surface area contributed by atoms with Gasteiger partial charge in [-0.25, -0.2) is 8.42 Å². The summed E-state index contributed by atoms with van der Waals surface area (Å²) in [5, 5.41) is 0. The lowest BCUT2D eigenvalue weighted by Crippen LogP contribution is -2.42. The van der Waals surface area contributed by atoms with E-state index in [9.17, 15) is 8.42 Å². The molecule has 1 unspecified atom stereocenters. The van der Waals surface area contributed by atoms with E-state index >= 15 is 0 Å². The summed E-state index contributed by atoms with van der Waals surface area (Å²) < 4.78 is 28.7. The highest BCUT2D eigenvalue weighted by Gasteiger charge is 2.50. The van der Waals surface area contributed by atoms with E-state index in [1.807, 2.05) is 37.3 Å². The maximum absolute atomic E-state index is 13.5. The van der Waals surface area contributed by atoms with Crippen LogP contribution >= 0.6 is 0 Å². The number of rotatable bonds is 10. The Labute approximate surface area is 214 Å². The van der Waals surface area contributed by atoms with E-state index in [1.165, 1.54) is 16.7 Å². The van der Waals surface area contributed by atoms with E-state index in [0.717, 1.165) is 25.1 Å². The second-order valence-corrected chi connectivity index (χ2v) is 11.5. The number of sulfonamides is 1. The third kappa shape index (κ3) is 5.76. The largest absolute Gasteiger partial charge is 0.290 e. The molecular weight excluding hydrogens is 464 g/mol. The second kappa shape index (κ2) is 10.8. The second-order valence-electron chi connectivity index (χ2n) is 9.59. The van der Waals surface area contributed by atoms with Gasteiger partial charge in [-0.3, -0.25) is 4.90 Å². The van der Waals surface area contributed by atoms with Crippen molar-refractivity contribution in [1.29, 1.82) is 0 Å². The average molecular weight is 497 g/mol. The lowest BCUT2D eigenvalue weighted by atomic mass is 10.00. The molecule has 1 aliphatic heterocycles. The smallest absolute Gasteiger partial charge is 0.243 e. The van der Waals surface area contributed by atoms with Crippen LogP contribution in [0.2, 0.25) is 0 Å². The molecule has 0 radical (unpaired) electrons. The third-order valence-electron chi connectivity index (χ3n) is 6.89. The summed E-state index contributed by atoms with van der Waals surface area (Å²) in [6.07, 6.45) is 0.783. The van der Waals surface area contributed by atoms with E-state index in [2.05, 4.69) is 77.7 Å². The minimum atomic E-state index is -3.54. The molecule has 36 heavy (non-hydrogen) atoms. The summed E-state index contributed by atoms with van der Waals surface area (Å²) in [4.78, 5) is 2.82. The van der Waals surface area contributed by atoms with Crippen molar-refractivity contribution in [3.63, 3.8) is 0 Å². The van der Waals surface area contributed by atoms with E-state index in [-0.39, 0.29) is 12.1 Å². The first-order chi connectivity index (χ1) is 17.5. The van der Waals surface area contributed by atoms with Crippen molar-refractivity contribution in [1.82, 2.24) is 9.21 Å². The zero-order chi connectivity index (χ0) is 25.0. The first kappa shape index (κ1) is 24.4. The van der Waals surface area contributed by atoms with Crippen LogP contribution in [0.3, 0.4) is 0 Å². The molecule has 184 valence electrons. The van der Waals surface area contributed by atoms with E-state index < -0.39 is 10.0 Å². The van der Waals surface area contributed by atoms with Crippen LogP contribution in [-0.2, 0) is 29.5 Å². The van der Waals surface area contributed by atoms with Gasteiger partial charge in [-0.05, 0) is 42.2 Å². The summed E-state index contributed by atoms with van der Waals surface area (Å²) in [6.45, 7) is 4.01. The van der Waals surface area contributed by atoms with Crippen molar-refractivity contribution in [2.24, 2.45) is 0 Å². The van der Waals surface area contributed by atoms with Crippen molar-refractivity contribution in [2.75, 3.05) is 6.54 Å². The topological polar surface area (TPSA) is 40.4 Å². The fourth-order valence-corrected chi connectivity index (χ4v) is 6.46. The highest BCUT2D eigenvalue weighted by Crippen LogP contribution is 2.35. The highest BCUT2D eigenvalue weighted by molar-refractivity contribution is 7.89. The summed E-state index contributed by atoms with van der Waals surface area (Å²) in [5.41, 5.74) is 4.71. The van der Waals surface area contributed by atoms with Gasteiger partial charge in [-0.2, -0.15) is 4.31 Å². The Morgan fingerprint density at radius 1 is 0.722 bits per heavy atom. The van der Waals surface area contributed by atoms with Gasteiger partial charge in [0.25, 0.3) is 0 Å². The van der Waals surface area contributed by atoms with Crippen LogP contribution in [0.25, 0.3) is 0 Å². The van der Waals surface area contributed by atoms with Crippen LogP contribution in [0.1, 0.15) is 22.3 Å². The fourth-order valence-electron chi connectivity index (χ4n) is 4.86. The Hall–Kier alpha value is -3.25. The predicted molar refractivity (Wildman–Crippen MR) is 145 cm³/mol. The van der Waals surface area contributed by atoms with Crippen molar-refractivity contribution < 1.29 is 8.42 Å². The van der Waals surface area contributed by atoms with Gasteiger partial charge in [0.05, 0.1) is 10.9 Å². The lowest BCUT2D eigenvalue weighted by molar-refractivity contribution is 0.167. The molecular formula is C31H32N2O2S. The van der Waals surface area contributed by atoms with Crippen LogP contribution < -0.4 is 0 Å². The van der Waals surface area contributed by atoms with Gasteiger partial charge in [-0.1, -0.05) is 109 Å². The molecule has 1 saturated heterocycles. The van der Waals surface area contributed by atoms with Gasteiger partial charge in [0.1, 0.15) is 0 Å². The zero-order valence-corrected chi connectivity index (χ0v) is 21.4. The van der Waals surface area contributed by atoms with Crippen molar-refractivity contribution >= 4 is 10.0 Å². The van der Waals surface area contributed by atoms with Crippen LogP contribution in [0, 0.1) is 6.92 Å². The zero-order valence-electron chi connectivity index (χ0n) is 20.6. The molecule has 0 amide bonds. The molecule has 3 atom stereocenters.